The van der Waals surface area contributed by atoms with E-state index in [2.05, 4.69) is 5.32 Å². The van der Waals surface area contributed by atoms with Crippen molar-refractivity contribution in [2.24, 2.45) is 0 Å². The van der Waals surface area contributed by atoms with Gasteiger partial charge in [0.2, 0.25) is 5.91 Å². The molecule has 0 fully saturated rings. The van der Waals surface area contributed by atoms with E-state index in [0.717, 1.165) is 12.7 Å². The highest BCUT2D eigenvalue weighted by molar-refractivity contribution is 7.92. The summed E-state index contributed by atoms with van der Waals surface area (Å²) in [6.07, 6.45) is 2.53. The van der Waals surface area contributed by atoms with Crippen LogP contribution in [0.4, 0.5) is 0 Å². The fourth-order valence-corrected chi connectivity index (χ4v) is 1.48. The Bertz CT molecular complexity index is 302. The van der Waals surface area contributed by atoms with Crippen molar-refractivity contribution in [3.05, 3.63) is 0 Å². The highest BCUT2D eigenvalue weighted by Gasteiger charge is 2.22. The summed E-state index contributed by atoms with van der Waals surface area (Å²) in [5, 5.41) is 1.59. The maximum absolute atomic E-state index is 11.3. The van der Waals surface area contributed by atoms with Gasteiger partial charge in [-0.3, -0.25) is 4.79 Å². The van der Waals surface area contributed by atoms with Gasteiger partial charge < -0.3 is 5.32 Å². The normalized spacial score (nSPS) is 15.7. The van der Waals surface area contributed by atoms with E-state index < -0.39 is 21.0 Å². The van der Waals surface area contributed by atoms with Crippen LogP contribution in [0, 0.1) is 0 Å². The Hall–Kier alpha value is -0.290. The molecule has 1 N–H and O–H groups in total. The number of amides is 1. The van der Waals surface area contributed by atoms with Gasteiger partial charge in [-0.15, -0.1) is 11.6 Å². The molecule has 0 heterocycles. The van der Waals surface area contributed by atoms with Crippen molar-refractivity contribution in [3.63, 3.8) is 0 Å². The lowest BCUT2D eigenvalue weighted by Crippen LogP contribution is -2.38. The highest BCUT2D eigenvalue weighted by Crippen LogP contribution is 2.05. The number of hydrogen-bond acceptors (Lipinski definition) is 3. The summed E-state index contributed by atoms with van der Waals surface area (Å²) in [6, 6.07) is 0. The fraction of sp³-hybridized carbons (Fsp3) is 0.889. The van der Waals surface area contributed by atoms with Gasteiger partial charge in [0.1, 0.15) is 5.25 Å². The highest BCUT2D eigenvalue weighted by atomic mass is 35.5. The molecule has 0 radical (unpaired) electrons. The third kappa shape index (κ3) is 5.99. The van der Waals surface area contributed by atoms with Crippen LogP contribution in [0.5, 0.6) is 0 Å². The van der Waals surface area contributed by atoms with Gasteiger partial charge in [-0.05, 0) is 19.8 Å². The summed E-state index contributed by atoms with van der Waals surface area (Å²) >= 11 is 5.85. The molecule has 0 aliphatic heterocycles. The lowest BCUT2D eigenvalue weighted by Gasteiger charge is -2.11. The SMILES string of the molecule is CCC(Cl)CCNC(=O)C(C)S(C)(=O)=O. The summed E-state index contributed by atoms with van der Waals surface area (Å²) in [5.41, 5.74) is 0. The standard InChI is InChI=1S/C9H18ClNO3S/c1-4-8(10)5-6-11-9(12)7(2)15(3,13)14/h7-8H,4-6H2,1-3H3,(H,11,12). The zero-order valence-corrected chi connectivity index (χ0v) is 10.9. The number of carbonyl (C=O) groups excluding carboxylic acids is 1. The second-order valence-corrected chi connectivity index (χ2v) is 6.54. The molecule has 2 atom stereocenters. The molecule has 1 amide bonds. The molecule has 0 rings (SSSR count). The van der Waals surface area contributed by atoms with Crippen molar-refractivity contribution in [2.75, 3.05) is 12.8 Å². The predicted octanol–water partition coefficient (Wildman–Crippen LogP) is 0.943. The van der Waals surface area contributed by atoms with E-state index >= 15 is 0 Å². The average Bonchev–Trinajstić information content (AvgIpc) is 2.14. The van der Waals surface area contributed by atoms with E-state index in [9.17, 15) is 13.2 Å². The van der Waals surface area contributed by atoms with Crippen molar-refractivity contribution < 1.29 is 13.2 Å². The van der Waals surface area contributed by atoms with Crippen LogP contribution in [0.15, 0.2) is 0 Å². The number of carbonyl (C=O) groups is 1. The Labute approximate surface area is 96.3 Å². The van der Waals surface area contributed by atoms with Crippen LogP contribution in [-0.4, -0.2) is 37.8 Å². The van der Waals surface area contributed by atoms with Gasteiger partial charge >= 0.3 is 0 Å². The zero-order chi connectivity index (χ0) is 12.1. The van der Waals surface area contributed by atoms with E-state index in [1.165, 1.54) is 6.92 Å². The second kappa shape index (κ2) is 6.33. The van der Waals surface area contributed by atoms with Crippen molar-refractivity contribution >= 4 is 27.3 Å². The molecular formula is C9H18ClNO3S. The van der Waals surface area contributed by atoms with E-state index in [1.807, 2.05) is 6.92 Å². The monoisotopic (exact) mass is 255 g/mol. The van der Waals surface area contributed by atoms with Crippen LogP contribution >= 0.6 is 11.6 Å². The minimum absolute atomic E-state index is 0.0267. The van der Waals surface area contributed by atoms with Crippen molar-refractivity contribution in [1.29, 1.82) is 0 Å². The molecule has 0 aliphatic carbocycles. The number of halogens is 1. The number of sulfone groups is 1. The summed E-state index contributed by atoms with van der Waals surface area (Å²) in [4.78, 5) is 11.3. The van der Waals surface area contributed by atoms with Crippen LogP contribution in [0.2, 0.25) is 0 Å². The van der Waals surface area contributed by atoms with E-state index in [0.29, 0.717) is 13.0 Å². The molecule has 0 aromatic carbocycles. The van der Waals surface area contributed by atoms with E-state index in [-0.39, 0.29) is 5.38 Å². The lowest BCUT2D eigenvalue weighted by molar-refractivity contribution is -0.120. The van der Waals surface area contributed by atoms with Gasteiger partial charge in [0.25, 0.3) is 0 Å². The first kappa shape index (κ1) is 14.7. The maximum atomic E-state index is 11.3. The molecular weight excluding hydrogens is 238 g/mol. The molecule has 0 aromatic rings. The maximum Gasteiger partial charge on any atom is 0.238 e. The molecule has 90 valence electrons. The first-order valence-corrected chi connectivity index (χ1v) is 7.28. The third-order valence-corrected chi connectivity index (χ3v) is 4.24. The van der Waals surface area contributed by atoms with Crippen LogP contribution in [0.25, 0.3) is 0 Å². The van der Waals surface area contributed by atoms with Crippen LogP contribution in [0.1, 0.15) is 26.7 Å². The van der Waals surface area contributed by atoms with Crippen molar-refractivity contribution in [2.45, 2.75) is 37.3 Å². The molecule has 0 aromatic heterocycles. The van der Waals surface area contributed by atoms with Crippen LogP contribution in [0.3, 0.4) is 0 Å². The summed E-state index contributed by atoms with van der Waals surface area (Å²) in [6.45, 7) is 3.75. The summed E-state index contributed by atoms with van der Waals surface area (Å²) < 4.78 is 22.1. The Morgan fingerprint density at radius 1 is 1.47 bits per heavy atom. The predicted molar refractivity (Wildman–Crippen MR) is 61.9 cm³/mol. The molecule has 0 bridgehead atoms. The summed E-state index contributed by atoms with van der Waals surface area (Å²) in [5.74, 6) is -0.461. The molecule has 0 aliphatic rings. The molecule has 0 spiro atoms. The smallest absolute Gasteiger partial charge is 0.238 e. The van der Waals surface area contributed by atoms with Gasteiger partial charge in [-0.1, -0.05) is 6.92 Å². The third-order valence-electron chi connectivity index (χ3n) is 2.21. The zero-order valence-electron chi connectivity index (χ0n) is 9.29. The van der Waals surface area contributed by atoms with Gasteiger partial charge in [-0.25, -0.2) is 8.42 Å². The largest absolute Gasteiger partial charge is 0.355 e. The van der Waals surface area contributed by atoms with Gasteiger partial charge in [0.15, 0.2) is 9.84 Å². The Balaban J connectivity index is 3.96. The topological polar surface area (TPSA) is 63.2 Å². The number of hydrogen-bond donors (Lipinski definition) is 1. The van der Waals surface area contributed by atoms with Crippen molar-refractivity contribution in [3.8, 4) is 0 Å². The van der Waals surface area contributed by atoms with Gasteiger partial charge in [-0.2, -0.15) is 0 Å². The van der Waals surface area contributed by atoms with Crippen LogP contribution < -0.4 is 5.32 Å². The molecule has 2 unspecified atom stereocenters. The van der Waals surface area contributed by atoms with Crippen LogP contribution in [-0.2, 0) is 14.6 Å². The minimum Gasteiger partial charge on any atom is -0.355 e. The Morgan fingerprint density at radius 2 is 2.00 bits per heavy atom. The quantitative estimate of drug-likeness (QED) is 0.719. The average molecular weight is 256 g/mol. The van der Waals surface area contributed by atoms with E-state index in [4.69, 9.17) is 11.6 Å². The second-order valence-electron chi connectivity index (χ2n) is 3.56. The molecule has 4 nitrogen and oxygen atoms in total. The molecule has 6 heteroatoms. The van der Waals surface area contributed by atoms with E-state index in [1.54, 1.807) is 0 Å². The molecule has 0 saturated heterocycles. The lowest BCUT2D eigenvalue weighted by atomic mass is 10.2. The van der Waals surface area contributed by atoms with Crippen molar-refractivity contribution in [1.82, 2.24) is 5.32 Å². The fourth-order valence-electron chi connectivity index (χ4n) is 0.894. The first-order chi connectivity index (χ1) is 6.79. The molecule has 15 heavy (non-hydrogen) atoms. The minimum atomic E-state index is -3.30. The number of nitrogens with one attached hydrogen (secondary N) is 1. The Morgan fingerprint density at radius 3 is 2.40 bits per heavy atom. The van der Waals surface area contributed by atoms with Gasteiger partial charge in [0, 0.05) is 18.2 Å². The molecule has 0 saturated carbocycles. The first-order valence-electron chi connectivity index (χ1n) is 4.89. The number of rotatable bonds is 6. The van der Waals surface area contributed by atoms with Gasteiger partial charge in [0.05, 0.1) is 0 Å². The number of alkyl halides is 1. The Kier molecular flexibility index (Phi) is 6.20. The summed E-state index contributed by atoms with van der Waals surface area (Å²) in [7, 11) is -3.30.